The molecule has 0 bridgehead atoms. The number of aromatic nitrogens is 1. The zero-order chi connectivity index (χ0) is 72.5. The highest BCUT2D eigenvalue weighted by Crippen LogP contribution is 2.56. The Morgan fingerprint density at radius 1 is 0.250 bits per heavy atom. The predicted molar refractivity (Wildman–Crippen MR) is 463 cm³/mol. The van der Waals surface area contributed by atoms with E-state index < -0.39 is 0 Å². The van der Waals surface area contributed by atoms with Crippen LogP contribution in [0, 0.1) is 0 Å². The topological polar surface area (TPSA) is 11.4 Å². The molecule has 0 saturated carbocycles. The molecular formula is C104H78BN3. The number of hydrogen-bond acceptors (Lipinski definition) is 2. The minimum atomic E-state index is -0.287. The van der Waals surface area contributed by atoms with Gasteiger partial charge in [-0.05, 0) is 188 Å². The van der Waals surface area contributed by atoms with Crippen LogP contribution in [0.1, 0.15) is 52.7 Å². The van der Waals surface area contributed by atoms with Crippen molar-refractivity contribution in [1.82, 2.24) is 4.57 Å². The van der Waals surface area contributed by atoms with E-state index in [9.17, 15) is 0 Å². The van der Waals surface area contributed by atoms with E-state index in [-0.39, 0.29) is 17.5 Å². The van der Waals surface area contributed by atoms with Crippen LogP contribution in [0.2, 0.25) is 0 Å². The van der Waals surface area contributed by atoms with Crippen LogP contribution in [-0.2, 0) is 10.8 Å². The fourth-order valence-electron chi connectivity index (χ4n) is 17.7. The minimum Gasteiger partial charge on any atom is -0.310 e. The van der Waals surface area contributed by atoms with Crippen molar-refractivity contribution < 1.29 is 0 Å². The zero-order valence-electron chi connectivity index (χ0n) is 61.6. The van der Waals surface area contributed by atoms with Gasteiger partial charge in [0.05, 0.1) is 28.1 Å². The van der Waals surface area contributed by atoms with E-state index in [2.05, 4.69) is 420 Å². The number of rotatable bonds is 10. The monoisotopic (exact) mass is 1380 g/mol. The van der Waals surface area contributed by atoms with Gasteiger partial charge < -0.3 is 14.4 Å². The fourth-order valence-corrected chi connectivity index (χ4v) is 17.7. The lowest BCUT2D eigenvalue weighted by Crippen LogP contribution is -2.61. The Morgan fingerprint density at radius 2 is 0.602 bits per heavy atom. The van der Waals surface area contributed by atoms with E-state index in [0.717, 1.165) is 106 Å². The molecule has 0 saturated heterocycles. The molecule has 2 aliphatic heterocycles. The van der Waals surface area contributed by atoms with Gasteiger partial charge in [0, 0.05) is 61.2 Å². The van der Waals surface area contributed by atoms with Gasteiger partial charge in [-0.1, -0.05) is 339 Å². The number of fused-ring (bicyclic) bond motifs is 13. The first-order valence-corrected chi connectivity index (χ1v) is 38.0. The molecule has 0 fully saturated rings. The molecule has 2 aliphatic rings. The maximum atomic E-state index is 2.72. The molecule has 20 rings (SSSR count). The maximum Gasteiger partial charge on any atom is 0.252 e. The molecule has 512 valence electrons. The highest BCUT2D eigenvalue weighted by Gasteiger charge is 2.46. The van der Waals surface area contributed by atoms with Gasteiger partial charge in [0.25, 0.3) is 6.71 Å². The molecule has 18 aromatic rings. The van der Waals surface area contributed by atoms with E-state index >= 15 is 0 Å². The summed E-state index contributed by atoms with van der Waals surface area (Å²) in [6.07, 6.45) is 0. The van der Waals surface area contributed by atoms with E-state index in [0.29, 0.717) is 0 Å². The van der Waals surface area contributed by atoms with Crippen LogP contribution in [-0.4, -0.2) is 11.3 Å². The summed E-state index contributed by atoms with van der Waals surface area (Å²) in [4.78, 5) is 5.45. The second-order valence-electron chi connectivity index (χ2n) is 31.5. The van der Waals surface area contributed by atoms with Crippen molar-refractivity contribution in [2.24, 2.45) is 0 Å². The summed E-state index contributed by atoms with van der Waals surface area (Å²) in [5.74, 6) is 0. The lowest BCUT2D eigenvalue weighted by atomic mass is 9.33. The summed E-state index contributed by atoms with van der Waals surface area (Å²) in [5, 5.41) is 9.72. The van der Waals surface area contributed by atoms with E-state index in [1.807, 2.05) is 0 Å². The fraction of sp³-hybridized carbons (Fsp3) is 0.0769. The molecule has 0 amide bonds. The van der Waals surface area contributed by atoms with Crippen molar-refractivity contribution in [3.05, 3.63) is 375 Å². The molecule has 0 aliphatic carbocycles. The van der Waals surface area contributed by atoms with Crippen molar-refractivity contribution in [2.75, 3.05) is 9.80 Å². The van der Waals surface area contributed by atoms with Crippen molar-refractivity contribution >= 4 is 111 Å². The molecule has 3 nitrogen and oxygen atoms in total. The van der Waals surface area contributed by atoms with Crippen molar-refractivity contribution in [1.29, 1.82) is 0 Å². The van der Waals surface area contributed by atoms with Crippen LogP contribution in [0.15, 0.2) is 364 Å². The first-order chi connectivity index (χ1) is 52.9. The quantitative estimate of drug-likeness (QED) is 0.0999. The summed E-state index contributed by atoms with van der Waals surface area (Å²) in [6, 6.07) is 138. The second-order valence-corrected chi connectivity index (χ2v) is 31.5. The number of anilines is 6. The third kappa shape index (κ3) is 10.6. The standard InChI is InChI=1S/C104H78BN3/c1-103(2,3)79-61-86(70-36-17-9-18-37-70)100(87(62-79)71-38-19-10-20-39-71)107-94-55-52-77(67-31-13-7-14-32-67)59-91(94)105-92-60-78(68-33-15-8-16-34-68)53-56-95(92)108(101-88(72-40-21-11-22-41-72)63-80(104(4,5)6)64-89(101)73-42-23-12-24-43-73)97-66-81(65-96(107)99(97)105)106-93-54-51-76(75-50-49-69-35-25-26-44-74(69)57-75)58-90(93)98-84-47-29-27-45-82(84)83-46-28-30-48-85(83)102(98)106/h7-66H,1-6H3. The third-order valence-electron chi connectivity index (χ3n) is 23.0. The van der Waals surface area contributed by atoms with Gasteiger partial charge >= 0.3 is 0 Å². The molecule has 1 aromatic heterocycles. The van der Waals surface area contributed by atoms with E-state index in [1.165, 1.54) is 92.9 Å². The van der Waals surface area contributed by atoms with Crippen LogP contribution < -0.4 is 26.2 Å². The van der Waals surface area contributed by atoms with Crippen molar-refractivity contribution in [3.8, 4) is 83.6 Å². The molecule has 0 atom stereocenters. The largest absolute Gasteiger partial charge is 0.310 e. The SMILES string of the molecule is CC(C)(C)c1cc(-c2ccccc2)c(N2c3ccc(-c4ccccc4)cc3B3c4cc(-c5ccccc5)ccc4N(c4c(-c5ccccc5)cc(C(C)(C)C)cc4-c4ccccc4)c4cc(-n5c6ccc(-c7ccc8ccccc8c7)cc6c6c7ccccc7c7ccccc7c65)cc2c43)c(-c2ccccc2)c1. The van der Waals surface area contributed by atoms with Crippen molar-refractivity contribution in [2.45, 2.75) is 52.4 Å². The predicted octanol–water partition coefficient (Wildman–Crippen LogP) is 26.6. The minimum absolute atomic E-state index is 0.214. The number of nitrogens with zero attached hydrogens (tertiary/aromatic N) is 3. The van der Waals surface area contributed by atoms with Crippen LogP contribution in [0.3, 0.4) is 0 Å². The highest BCUT2D eigenvalue weighted by atomic mass is 15.2. The summed E-state index contributed by atoms with van der Waals surface area (Å²) in [5.41, 5.74) is 32.0. The Hall–Kier alpha value is -13.0. The first kappa shape index (κ1) is 64.6. The van der Waals surface area contributed by atoms with Gasteiger partial charge in [-0.15, -0.1) is 0 Å². The summed E-state index contributed by atoms with van der Waals surface area (Å²) in [7, 11) is 0. The molecular weight excluding hydrogens is 1300 g/mol. The zero-order valence-corrected chi connectivity index (χ0v) is 61.6. The lowest BCUT2D eigenvalue weighted by molar-refractivity contribution is 0.590. The average molecular weight is 1380 g/mol. The summed E-state index contributed by atoms with van der Waals surface area (Å²) < 4.78 is 2.66. The molecule has 108 heavy (non-hydrogen) atoms. The van der Waals surface area contributed by atoms with Gasteiger partial charge in [-0.25, -0.2) is 0 Å². The van der Waals surface area contributed by atoms with Gasteiger partial charge in [0.15, 0.2) is 0 Å². The normalized spacial score (nSPS) is 12.7. The highest BCUT2D eigenvalue weighted by molar-refractivity contribution is 7.00. The van der Waals surface area contributed by atoms with Gasteiger partial charge in [-0.3, -0.25) is 0 Å². The maximum absolute atomic E-state index is 2.72. The molecule has 0 spiro atoms. The average Bonchev–Trinajstić information content (AvgIpc) is 1.24. The van der Waals surface area contributed by atoms with Gasteiger partial charge in [0.1, 0.15) is 0 Å². The first-order valence-electron chi connectivity index (χ1n) is 38.0. The molecule has 0 radical (unpaired) electrons. The molecule has 4 heteroatoms. The van der Waals surface area contributed by atoms with Gasteiger partial charge in [0.2, 0.25) is 0 Å². The Morgan fingerprint density at radius 3 is 1.05 bits per heavy atom. The Labute approximate surface area is 632 Å². The lowest BCUT2D eigenvalue weighted by Gasteiger charge is -2.46. The van der Waals surface area contributed by atoms with Crippen molar-refractivity contribution in [3.63, 3.8) is 0 Å². The van der Waals surface area contributed by atoms with Gasteiger partial charge in [-0.2, -0.15) is 0 Å². The van der Waals surface area contributed by atoms with Crippen LogP contribution in [0.5, 0.6) is 0 Å². The Kier molecular flexibility index (Phi) is 15.2. The molecule has 17 aromatic carbocycles. The van der Waals surface area contributed by atoms with Crippen LogP contribution in [0.25, 0.3) is 138 Å². The van der Waals surface area contributed by atoms with Crippen LogP contribution in [0.4, 0.5) is 34.1 Å². The molecule has 3 heterocycles. The summed E-state index contributed by atoms with van der Waals surface area (Å²) >= 11 is 0. The number of hydrogen-bond donors (Lipinski definition) is 0. The van der Waals surface area contributed by atoms with E-state index in [4.69, 9.17) is 0 Å². The third-order valence-corrected chi connectivity index (χ3v) is 23.0. The number of benzene rings is 17. The Balaban J connectivity index is 1.01. The Bertz CT molecular complexity index is 6230. The van der Waals surface area contributed by atoms with E-state index in [1.54, 1.807) is 0 Å². The smallest absolute Gasteiger partial charge is 0.252 e. The van der Waals surface area contributed by atoms with Crippen LogP contribution >= 0.6 is 0 Å². The second kappa shape index (κ2) is 25.4. The molecule has 0 unspecified atom stereocenters. The molecule has 0 N–H and O–H groups in total. The summed E-state index contributed by atoms with van der Waals surface area (Å²) in [6.45, 7) is 13.9.